The number of hydrogen-bond acceptors (Lipinski definition) is 4. The summed E-state index contributed by atoms with van der Waals surface area (Å²) in [6.45, 7) is 3.14. The molecule has 0 saturated carbocycles. The first-order valence-corrected chi connectivity index (χ1v) is 5.74. The second kappa shape index (κ2) is 6.39. The summed E-state index contributed by atoms with van der Waals surface area (Å²) in [7, 11) is 0. The van der Waals surface area contributed by atoms with Crippen LogP contribution in [0, 0.1) is 0 Å². The summed E-state index contributed by atoms with van der Waals surface area (Å²) in [5.74, 6) is 1.16. The summed E-state index contributed by atoms with van der Waals surface area (Å²) in [5.41, 5.74) is 6.35. The monoisotopic (exact) mass is 255 g/mol. The topological polar surface area (TPSA) is 69.6 Å². The van der Waals surface area contributed by atoms with E-state index in [1.807, 2.05) is 4.57 Å². The smallest absolute Gasteiger partial charge is 0.222 e. The molecule has 0 aromatic heterocycles. The van der Waals surface area contributed by atoms with Crippen LogP contribution in [0.4, 0.5) is 5.95 Å². The lowest BCUT2D eigenvalue weighted by atomic mass is 10.2. The van der Waals surface area contributed by atoms with Gasteiger partial charge in [0, 0.05) is 6.54 Å². The van der Waals surface area contributed by atoms with Crippen molar-refractivity contribution < 1.29 is 0 Å². The quantitative estimate of drug-likeness (QED) is 0.833. The minimum Gasteiger partial charge on any atom is -0.368 e. The van der Waals surface area contributed by atoms with Gasteiger partial charge in [0.05, 0.1) is 12.5 Å². The number of aryl methyl sites for hydroxylation is 1. The number of hydrogen-bond donors (Lipinski definition) is 1. The van der Waals surface area contributed by atoms with Crippen LogP contribution in [0.3, 0.4) is 0 Å². The Labute approximate surface area is 107 Å². The number of imidazole rings is 1. The molecule has 0 radical (unpaired) electrons. The molecule has 0 bridgehead atoms. The van der Waals surface area contributed by atoms with Gasteiger partial charge in [-0.3, -0.25) is 0 Å². The summed E-state index contributed by atoms with van der Waals surface area (Å²) < 4.78 is 2.02. The van der Waals surface area contributed by atoms with Crippen LogP contribution in [-0.2, 0) is 6.54 Å². The molecule has 17 heavy (non-hydrogen) atoms. The lowest BCUT2D eigenvalue weighted by Gasteiger charge is -2.08. The third-order valence-electron chi connectivity index (χ3n) is 2.61. The van der Waals surface area contributed by atoms with Gasteiger partial charge in [-0.15, -0.1) is 12.4 Å². The SMILES string of the molecule is CCCCCCn1cncc2nc(N)nc1-2.Cl. The molecular formula is C11H18ClN5. The van der Waals surface area contributed by atoms with Gasteiger partial charge in [0.25, 0.3) is 0 Å². The zero-order valence-electron chi connectivity index (χ0n) is 9.96. The van der Waals surface area contributed by atoms with Gasteiger partial charge < -0.3 is 10.3 Å². The van der Waals surface area contributed by atoms with Crippen LogP contribution in [0.1, 0.15) is 32.6 Å². The molecule has 0 aromatic rings. The number of halogens is 1. The Morgan fingerprint density at radius 1 is 1.24 bits per heavy atom. The third-order valence-corrected chi connectivity index (χ3v) is 2.61. The Hall–Kier alpha value is -1.36. The van der Waals surface area contributed by atoms with E-state index in [4.69, 9.17) is 5.73 Å². The van der Waals surface area contributed by atoms with Crippen LogP contribution < -0.4 is 5.73 Å². The molecule has 6 heteroatoms. The van der Waals surface area contributed by atoms with Gasteiger partial charge in [0.15, 0.2) is 5.82 Å². The van der Waals surface area contributed by atoms with Crippen LogP contribution in [0.2, 0.25) is 0 Å². The minimum atomic E-state index is 0. The van der Waals surface area contributed by atoms with Crippen LogP contribution in [0.25, 0.3) is 11.5 Å². The predicted molar refractivity (Wildman–Crippen MR) is 70.2 cm³/mol. The lowest BCUT2D eigenvalue weighted by molar-refractivity contribution is 0.574. The minimum absolute atomic E-state index is 0. The van der Waals surface area contributed by atoms with Gasteiger partial charge in [-0.1, -0.05) is 26.2 Å². The fourth-order valence-corrected chi connectivity index (χ4v) is 1.77. The number of anilines is 1. The van der Waals surface area contributed by atoms with Crippen LogP contribution >= 0.6 is 12.4 Å². The fourth-order valence-electron chi connectivity index (χ4n) is 1.77. The van der Waals surface area contributed by atoms with Crippen molar-refractivity contribution in [3.63, 3.8) is 0 Å². The maximum Gasteiger partial charge on any atom is 0.222 e. The van der Waals surface area contributed by atoms with Crippen molar-refractivity contribution in [2.45, 2.75) is 39.2 Å². The molecule has 2 heterocycles. The molecule has 5 nitrogen and oxygen atoms in total. The highest BCUT2D eigenvalue weighted by Crippen LogP contribution is 2.18. The van der Waals surface area contributed by atoms with E-state index in [-0.39, 0.29) is 12.4 Å². The molecule has 2 aliphatic rings. The number of nitrogens with two attached hydrogens (primary N) is 1. The van der Waals surface area contributed by atoms with E-state index in [1.54, 1.807) is 12.5 Å². The van der Waals surface area contributed by atoms with Gasteiger partial charge in [-0.25, -0.2) is 9.97 Å². The molecule has 0 unspecified atom stereocenters. The highest BCUT2D eigenvalue weighted by Gasteiger charge is 2.12. The van der Waals surface area contributed by atoms with Gasteiger partial charge >= 0.3 is 0 Å². The predicted octanol–water partition coefficient (Wildman–Crippen LogP) is 2.36. The highest BCUT2D eigenvalue weighted by molar-refractivity contribution is 5.85. The average molecular weight is 256 g/mol. The van der Waals surface area contributed by atoms with E-state index < -0.39 is 0 Å². The number of nitrogens with zero attached hydrogens (tertiary/aromatic N) is 4. The van der Waals surface area contributed by atoms with E-state index >= 15 is 0 Å². The molecule has 2 rings (SSSR count). The zero-order valence-corrected chi connectivity index (χ0v) is 10.8. The van der Waals surface area contributed by atoms with Crippen molar-refractivity contribution >= 4 is 18.4 Å². The average Bonchev–Trinajstić information content (AvgIpc) is 2.65. The molecule has 0 spiro atoms. The zero-order chi connectivity index (χ0) is 11.4. The first-order valence-electron chi connectivity index (χ1n) is 5.74. The highest BCUT2D eigenvalue weighted by atomic mass is 35.5. The number of nitrogen functional groups attached to an aromatic ring is 1. The van der Waals surface area contributed by atoms with E-state index in [0.29, 0.717) is 5.95 Å². The first kappa shape index (κ1) is 13.7. The van der Waals surface area contributed by atoms with Crippen LogP contribution in [-0.4, -0.2) is 19.5 Å². The van der Waals surface area contributed by atoms with Crippen molar-refractivity contribution in [2.24, 2.45) is 0 Å². The van der Waals surface area contributed by atoms with Crippen molar-refractivity contribution in [1.82, 2.24) is 19.5 Å². The van der Waals surface area contributed by atoms with E-state index in [0.717, 1.165) is 24.5 Å². The summed E-state index contributed by atoms with van der Waals surface area (Å²) in [6, 6.07) is 0. The maximum atomic E-state index is 5.57. The molecule has 0 aliphatic carbocycles. The number of fused-ring (bicyclic) bond motifs is 1. The lowest BCUT2D eigenvalue weighted by Crippen LogP contribution is -2.05. The Kier molecular flexibility index (Phi) is 5.15. The summed E-state index contributed by atoms with van der Waals surface area (Å²) in [6.07, 6.45) is 8.40. The Balaban J connectivity index is 0.00000144. The second-order valence-electron chi connectivity index (χ2n) is 3.94. The Morgan fingerprint density at radius 3 is 2.82 bits per heavy atom. The fraction of sp³-hybridized carbons (Fsp3) is 0.545. The molecule has 0 amide bonds. The molecule has 0 aromatic carbocycles. The van der Waals surface area contributed by atoms with Crippen molar-refractivity contribution in [2.75, 3.05) is 5.73 Å². The van der Waals surface area contributed by atoms with Gasteiger partial charge in [0.2, 0.25) is 5.95 Å². The standard InChI is InChI=1S/C11H17N5.ClH/c1-2-3-4-5-6-16-8-13-7-9-10(16)15-11(12)14-9;/h7-8H,2-6H2,1H3,(H2,12,14);1H. The Bertz CT molecular complexity index is 428. The number of aromatic nitrogens is 4. The molecule has 0 atom stereocenters. The summed E-state index contributed by atoms with van der Waals surface area (Å²) in [4.78, 5) is 12.4. The maximum absolute atomic E-state index is 5.57. The number of unbranched alkanes of at least 4 members (excludes halogenated alkanes) is 3. The largest absolute Gasteiger partial charge is 0.368 e. The number of rotatable bonds is 5. The molecular weight excluding hydrogens is 238 g/mol. The normalized spacial score (nSPS) is 10.4. The molecule has 0 fully saturated rings. The van der Waals surface area contributed by atoms with Gasteiger partial charge in [-0.05, 0) is 6.42 Å². The summed E-state index contributed by atoms with van der Waals surface area (Å²) in [5, 5.41) is 0. The molecule has 0 saturated heterocycles. The van der Waals surface area contributed by atoms with Crippen LogP contribution in [0.15, 0.2) is 12.5 Å². The van der Waals surface area contributed by atoms with Gasteiger partial charge in [0.1, 0.15) is 5.69 Å². The molecule has 2 aliphatic heterocycles. The Morgan fingerprint density at radius 2 is 2.06 bits per heavy atom. The molecule has 2 N–H and O–H groups in total. The van der Waals surface area contributed by atoms with Gasteiger partial charge in [-0.2, -0.15) is 4.98 Å². The third kappa shape index (κ3) is 3.30. The first-order chi connectivity index (χ1) is 7.81. The van der Waals surface area contributed by atoms with E-state index in [2.05, 4.69) is 21.9 Å². The molecule has 94 valence electrons. The van der Waals surface area contributed by atoms with Crippen molar-refractivity contribution in [3.8, 4) is 11.5 Å². The van der Waals surface area contributed by atoms with E-state index in [1.165, 1.54) is 19.3 Å². The van der Waals surface area contributed by atoms with Crippen molar-refractivity contribution in [3.05, 3.63) is 12.5 Å². The van der Waals surface area contributed by atoms with E-state index in [9.17, 15) is 0 Å². The second-order valence-corrected chi connectivity index (χ2v) is 3.94. The van der Waals surface area contributed by atoms with Crippen LogP contribution in [0.5, 0.6) is 0 Å². The van der Waals surface area contributed by atoms with Crippen molar-refractivity contribution in [1.29, 1.82) is 0 Å². The summed E-state index contributed by atoms with van der Waals surface area (Å²) >= 11 is 0.